The molecule has 0 bridgehead atoms. The highest BCUT2D eigenvalue weighted by Gasteiger charge is 2.37. The Morgan fingerprint density at radius 3 is 2.67 bits per heavy atom. The van der Waals surface area contributed by atoms with E-state index in [0.29, 0.717) is 12.8 Å². The van der Waals surface area contributed by atoms with Crippen molar-refractivity contribution < 1.29 is 14.6 Å². The van der Waals surface area contributed by atoms with Crippen LogP contribution in [0.25, 0.3) is 22.4 Å². The van der Waals surface area contributed by atoms with Gasteiger partial charge in [0, 0.05) is 24.8 Å². The lowest BCUT2D eigenvalue weighted by molar-refractivity contribution is -0.154. The predicted octanol–water partition coefficient (Wildman–Crippen LogP) is 3.78. The first-order valence-corrected chi connectivity index (χ1v) is 10.6. The first-order chi connectivity index (χ1) is 14.5. The average Bonchev–Trinajstić information content (AvgIpc) is 3.14. The molecule has 2 aromatic heterocycles. The van der Waals surface area contributed by atoms with Crippen LogP contribution in [0.2, 0.25) is 0 Å². The van der Waals surface area contributed by atoms with Crippen molar-refractivity contribution in [1.82, 2.24) is 15.0 Å². The van der Waals surface area contributed by atoms with Gasteiger partial charge in [0.1, 0.15) is 11.6 Å². The quantitative estimate of drug-likeness (QED) is 0.670. The Hall–Kier alpha value is -2.93. The van der Waals surface area contributed by atoms with E-state index in [4.69, 9.17) is 9.84 Å². The Kier molecular flexibility index (Phi) is 4.90. The Balaban J connectivity index is 1.18. The number of hydrogen-bond donors (Lipinski definition) is 2. The molecule has 2 N–H and O–H groups in total. The number of piperidine rings is 1. The number of hydrogen-bond acceptors (Lipinski definition) is 5. The number of H-pyrrole nitrogens is 1. The molecule has 3 heterocycles. The molecule has 1 aliphatic heterocycles. The molecule has 0 atom stereocenters. The Bertz CT molecular complexity index is 1050. The van der Waals surface area contributed by atoms with Crippen molar-refractivity contribution in [1.29, 1.82) is 0 Å². The largest absolute Gasteiger partial charge is 0.481 e. The van der Waals surface area contributed by atoms with E-state index in [1.54, 1.807) is 0 Å². The zero-order valence-corrected chi connectivity index (χ0v) is 17.0. The lowest BCUT2D eigenvalue weighted by atomic mass is 9.82. The average molecular weight is 406 g/mol. The van der Waals surface area contributed by atoms with Crippen LogP contribution in [0.15, 0.2) is 36.5 Å². The number of nitrogens with zero attached hydrogens (tertiary/aromatic N) is 3. The third kappa shape index (κ3) is 3.77. The fraction of sp³-hybridized carbons (Fsp3) is 0.435. The first kappa shape index (κ1) is 19.1. The van der Waals surface area contributed by atoms with E-state index in [2.05, 4.69) is 51.0 Å². The van der Waals surface area contributed by atoms with Crippen LogP contribution >= 0.6 is 0 Å². The molecule has 1 saturated heterocycles. The minimum atomic E-state index is -0.697. The van der Waals surface area contributed by atoms with Gasteiger partial charge in [0.25, 0.3) is 0 Å². The van der Waals surface area contributed by atoms with Gasteiger partial charge in [0.15, 0.2) is 0 Å². The molecule has 5 rings (SSSR count). The Labute approximate surface area is 175 Å². The highest BCUT2D eigenvalue weighted by molar-refractivity contribution is 5.80. The molecular weight excluding hydrogens is 380 g/mol. The van der Waals surface area contributed by atoms with Gasteiger partial charge < -0.3 is 19.7 Å². The van der Waals surface area contributed by atoms with Crippen molar-refractivity contribution in [2.75, 3.05) is 18.0 Å². The van der Waals surface area contributed by atoms with Crippen molar-refractivity contribution in [3.8, 4) is 11.4 Å². The number of aromatic nitrogens is 3. The third-order valence-electron chi connectivity index (χ3n) is 6.25. The van der Waals surface area contributed by atoms with Crippen LogP contribution in [0.1, 0.15) is 31.2 Å². The van der Waals surface area contributed by atoms with Crippen molar-refractivity contribution in [2.24, 2.45) is 5.92 Å². The summed E-state index contributed by atoms with van der Waals surface area (Å²) in [6, 6.07) is 10.3. The third-order valence-corrected chi connectivity index (χ3v) is 6.25. The number of benzene rings is 1. The smallest absolute Gasteiger partial charge is 0.306 e. The van der Waals surface area contributed by atoms with Crippen molar-refractivity contribution in [2.45, 2.75) is 44.8 Å². The van der Waals surface area contributed by atoms with Gasteiger partial charge in [-0.05, 0) is 62.4 Å². The molecule has 0 unspecified atom stereocenters. The first-order valence-electron chi connectivity index (χ1n) is 10.6. The summed E-state index contributed by atoms with van der Waals surface area (Å²) in [5.41, 5.74) is 4.18. The Morgan fingerprint density at radius 1 is 1.17 bits per heavy atom. The molecule has 2 fully saturated rings. The summed E-state index contributed by atoms with van der Waals surface area (Å²) in [4.78, 5) is 25.9. The van der Waals surface area contributed by atoms with Gasteiger partial charge in [-0.3, -0.25) is 4.79 Å². The summed E-state index contributed by atoms with van der Waals surface area (Å²) >= 11 is 0. The summed E-state index contributed by atoms with van der Waals surface area (Å²) in [6.07, 6.45) is 5.41. The SMILES string of the molecule is Cc1ccc2nc(-c3ccc(N4CCC(O[C@H]5C[C@H](C(=O)O)C5)CC4)nc3)[nH]c2c1. The van der Waals surface area contributed by atoms with Gasteiger partial charge in [-0.1, -0.05) is 6.07 Å². The maximum absolute atomic E-state index is 10.9. The number of pyridine rings is 1. The monoisotopic (exact) mass is 406 g/mol. The second-order valence-electron chi connectivity index (χ2n) is 8.46. The molecule has 156 valence electrons. The van der Waals surface area contributed by atoms with E-state index < -0.39 is 5.97 Å². The maximum Gasteiger partial charge on any atom is 0.306 e. The molecule has 2 aliphatic rings. The van der Waals surface area contributed by atoms with E-state index in [0.717, 1.165) is 54.2 Å². The van der Waals surface area contributed by atoms with Crippen molar-refractivity contribution in [3.63, 3.8) is 0 Å². The second-order valence-corrected chi connectivity index (χ2v) is 8.46. The van der Waals surface area contributed by atoms with Crippen molar-refractivity contribution in [3.05, 3.63) is 42.1 Å². The molecule has 0 amide bonds. The minimum absolute atomic E-state index is 0.118. The van der Waals surface area contributed by atoms with Gasteiger partial charge in [-0.15, -0.1) is 0 Å². The van der Waals surface area contributed by atoms with Crippen molar-refractivity contribution >= 4 is 22.8 Å². The maximum atomic E-state index is 10.9. The number of ether oxygens (including phenoxy) is 1. The Morgan fingerprint density at radius 2 is 1.97 bits per heavy atom. The number of carboxylic acid groups (broad SMARTS) is 1. The topological polar surface area (TPSA) is 91.3 Å². The van der Waals surface area contributed by atoms with Crippen LogP contribution in [0.5, 0.6) is 0 Å². The number of aliphatic carboxylic acids is 1. The summed E-state index contributed by atoms with van der Waals surface area (Å²) in [5.74, 6) is 0.895. The number of imidazole rings is 1. The molecule has 7 heteroatoms. The van der Waals surface area contributed by atoms with Gasteiger partial charge in [0.05, 0.1) is 29.2 Å². The molecule has 30 heavy (non-hydrogen) atoms. The standard InChI is InChI=1S/C23H26N4O3/c1-14-2-4-19-20(10-14)26-22(25-19)15-3-5-21(24-13-15)27-8-6-17(7-9-27)30-18-11-16(12-18)23(28)29/h2-5,10,13,16-18H,6-9,11-12H2,1H3,(H,25,26)(H,28,29)/t16-,18-. The van der Waals surface area contributed by atoms with Gasteiger partial charge in [-0.2, -0.15) is 0 Å². The molecule has 1 aromatic carbocycles. The van der Waals surface area contributed by atoms with E-state index >= 15 is 0 Å². The number of nitrogens with one attached hydrogen (secondary N) is 1. The van der Waals surface area contributed by atoms with E-state index in [1.807, 2.05) is 12.3 Å². The lowest BCUT2D eigenvalue weighted by Crippen LogP contribution is -2.43. The fourth-order valence-electron chi connectivity index (χ4n) is 4.34. The summed E-state index contributed by atoms with van der Waals surface area (Å²) in [5, 5.41) is 8.98. The zero-order chi connectivity index (χ0) is 20.7. The predicted molar refractivity (Wildman–Crippen MR) is 115 cm³/mol. The van der Waals surface area contributed by atoms with E-state index in [9.17, 15) is 4.79 Å². The zero-order valence-electron chi connectivity index (χ0n) is 17.0. The molecule has 3 aromatic rings. The molecular formula is C23H26N4O3. The van der Waals surface area contributed by atoms with Crippen LogP contribution in [-0.4, -0.2) is 51.3 Å². The molecule has 1 saturated carbocycles. The number of carboxylic acids is 1. The van der Waals surface area contributed by atoms with Gasteiger partial charge in [0.2, 0.25) is 0 Å². The number of anilines is 1. The van der Waals surface area contributed by atoms with Crippen LogP contribution < -0.4 is 4.90 Å². The van der Waals surface area contributed by atoms with E-state index in [1.165, 1.54) is 5.56 Å². The van der Waals surface area contributed by atoms with Crippen LogP contribution in [-0.2, 0) is 9.53 Å². The highest BCUT2D eigenvalue weighted by atomic mass is 16.5. The number of aryl methyl sites for hydroxylation is 1. The number of rotatable bonds is 5. The number of carbonyl (C=O) groups is 1. The molecule has 0 radical (unpaired) electrons. The lowest BCUT2D eigenvalue weighted by Gasteiger charge is -2.38. The number of aromatic amines is 1. The van der Waals surface area contributed by atoms with Crippen LogP contribution in [0.4, 0.5) is 5.82 Å². The van der Waals surface area contributed by atoms with E-state index in [-0.39, 0.29) is 18.1 Å². The summed E-state index contributed by atoms with van der Waals surface area (Å²) < 4.78 is 6.08. The highest BCUT2D eigenvalue weighted by Crippen LogP contribution is 2.33. The van der Waals surface area contributed by atoms with Crippen LogP contribution in [0.3, 0.4) is 0 Å². The fourth-order valence-corrected chi connectivity index (χ4v) is 4.34. The molecule has 0 spiro atoms. The number of fused-ring (bicyclic) bond motifs is 1. The van der Waals surface area contributed by atoms with Gasteiger partial charge >= 0.3 is 5.97 Å². The summed E-state index contributed by atoms with van der Waals surface area (Å²) in [7, 11) is 0. The minimum Gasteiger partial charge on any atom is -0.481 e. The normalized spacial score (nSPS) is 22.2. The van der Waals surface area contributed by atoms with Gasteiger partial charge in [-0.25, -0.2) is 9.97 Å². The molecule has 7 nitrogen and oxygen atoms in total. The van der Waals surface area contributed by atoms with Crippen LogP contribution in [0, 0.1) is 12.8 Å². The summed E-state index contributed by atoms with van der Waals surface area (Å²) in [6.45, 7) is 3.87. The molecule has 1 aliphatic carbocycles. The second kappa shape index (κ2) is 7.72.